The number of nitrogens with two attached hydrogens (primary N) is 1. The van der Waals surface area contributed by atoms with Crippen LogP contribution in [0.1, 0.15) is 19.3 Å². The van der Waals surface area contributed by atoms with E-state index in [1.54, 1.807) is 12.3 Å². The van der Waals surface area contributed by atoms with Crippen molar-refractivity contribution in [1.29, 1.82) is 0 Å². The van der Waals surface area contributed by atoms with Gasteiger partial charge >= 0.3 is 0 Å². The molecule has 1 aromatic rings. The van der Waals surface area contributed by atoms with E-state index in [0.29, 0.717) is 11.9 Å². The molecule has 1 aromatic heterocycles. The van der Waals surface area contributed by atoms with Gasteiger partial charge < -0.3 is 15.4 Å². The van der Waals surface area contributed by atoms with E-state index < -0.39 is 0 Å². The average molecular weight is 221 g/mol. The summed E-state index contributed by atoms with van der Waals surface area (Å²) < 4.78 is 5.94. The van der Waals surface area contributed by atoms with Crippen molar-refractivity contribution >= 4 is 5.82 Å². The molecule has 1 fully saturated rings. The molecule has 2 atom stereocenters. The highest BCUT2D eigenvalue weighted by Crippen LogP contribution is 2.27. The van der Waals surface area contributed by atoms with E-state index >= 15 is 0 Å². The molecular weight excluding hydrogens is 202 g/mol. The van der Waals surface area contributed by atoms with Gasteiger partial charge in [0.25, 0.3) is 0 Å². The van der Waals surface area contributed by atoms with Crippen molar-refractivity contribution in [2.45, 2.75) is 31.4 Å². The third-order valence-corrected chi connectivity index (χ3v) is 3.13. The summed E-state index contributed by atoms with van der Waals surface area (Å²) in [5.41, 5.74) is 5.54. The summed E-state index contributed by atoms with van der Waals surface area (Å²) in [6.07, 6.45) is 5.53. The number of hydrogen-bond donors (Lipinski definition) is 1. The quantitative estimate of drug-likeness (QED) is 0.841. The van der Waals surface area contributed by atoms with E-state index in [1.807, 2.05) is 6.07 Å². The Labute approximate surface area is 96.4 Å². The zero-order valence-electron chi connectivity index (χ0n) is 9.89. The lowest BCUT2D eigenvalue weighted by atomic mass is 10.2. The van der Waals surface area contributed by atoms with Gasteiger partial charge in [-0.25, -0.2) is 4.98 Å². The Kier molecular flexibility index (Phi) is 3.29. The van der Waals surface area contributed by atoms with Crippen LogP contribution in [0.4, 0.5) is 5.82 Å². The first-order valence-corrected chi connectivity index (χ1v) is 5.71. The van der Waals surface area contributed by atoms with Crippen LogP contribution >= 0.6 is 0 Å². The molecule has 1 saturated carbocycles. The smallest absolute Gasteiger partial charge is 0.138 e. The summed E-state index contributed by atoms with van der Waals surface area (Å²) in [5.74, 6) is 1.34. The van der Waals surface area contributed by atoms with Gasteiger partial charge in [0.1, 0.15) is 17.7 Å². The zero-order chi connectivity index (χ0) is 11.5. The van der Waals surface area contributed by atoms with Gasteiger partial charge in [0.15, 0.2) is 0 Å². The fourth-order valence-corrected chi connectivity index (χ4v) is 2.27. The molecule has 0 aromatic carbocycles. The van der Waals surface area contributed by atoms with Crippen molar-refractivity contribution in [3.63, 3.8) is 0 Å². The van der Waals surface area contributed by atoms with Crippen LogP contribution in [0, 0.1) is 0 Å². The van der Waals surface area contributed by atoms with Crippen molar-refractivity contribution in [3.8, 4) is 5.75 Å². The van der Waals surface area contributed by atoms with Gasteiger partial charge in [-0.1, -0.05) is 0 Å². The van der Waals surface area contributed by atoms with Gasteiger partial charge in [-0.15, -0.1) is 0 Å². The van der Waals surface area contributed by atoms with Crippen LogP contribution in [-0.4, -0.2) is 36.1 Å². The number of nitrogen functional groups attached to an aromatic ring is 1. The molecule has 0 aliphatic heterocycles. The number of aromatic nitrogens is 1. The Hall–Kier alpha value is -1.29. The second-order valence-electron chi connectivity index (χ2n) is 4.54. The molecular formula is C12H19N3O. The highest BCUT2D eigenvalue weighted by molar-refractivity contribution is 5.32. The summed E-state index contributed by atoms with van der Waals surface area (Å²) >= 11 is 0. The average Bonchev–Trinajstić information content (AvgIpc) is 2.69. The fraction of sp³-hybridized carbons (Fsp3) is 0.583. The Bertz CT molecular complexity index is 337. The lowest BCUT2D eigenvalue weighted by Gasteiger charge is -2.26. The van der Waals surface area contributed by atoms with E-state index in [4.69, 9.17) is 10.5 Å². The Balaban J connectivity index is 2.01. The summed E-state index contributed by atoms with van der Waals surface area (Å²) in [6, 6.07) is 4.17. The number of rotatable bonds is 3. The normalized spacial score (nSPS) is 24.9. The molecule has 0 bridgehead atoms. The predicted octanol–water partition coefficient (Wildman–Crippen LogP) is 1.53. The van der Waals surface area contributed by atoms with Crippen LogP contribution in [0.3, 0.4) is 0 Å². The minimum Gasteiger partial charge on any atom is -0.487 e. The Morgan fingerprint density at radius 2 is 2.19 bits per heavy atom. The first-order chi connectivity index (χ1) is 7.66. The highest BCUT2D eigenvalue weighted by atomic mass is 16.5. The lowest BCUT2D eigenvalue weighted by molar-refractivity contribution is 0.121. The highest BCUT2D eigenvalue weighted by Gasteiger charge is 2.30. The first kappa shape index (κ1) is 11.2. The molecule has 0 radical (unpaired) electrons. The molecule has 4 heteroatoms. The topological polar surface area (TPSA) is 51.4 Å². The molecule has 0 saturated heterocycles. The van der Waals surface area contributed by atoms with E-state index in [2.05, 4.69) is 24.0 Å². The standard InChI is InChI=1S/C12H19N3O/c1-15(2)10-4-3-5-11(10)16-9-6-7-12(13)14-8-9/h6-8,10-11H,3-5H2,1-2H3,(H2,13,14)/t10-,11+/m0/s1. The number of hydrogen-bond acceptors (Lipinski definition) is 4. The summed E-state index contributed by atoms with van der Waals surface area (Å²) in [4.78, 5) is 6.27. The van der Waals surface area contributed by atoms with Crippen LogP contribution in [0.5, 0.6) is 5.75 Å². The predicted molar refractivity (Wildman–Crippen MR) is 64.4 cm³/mol. The number of pyridine rings is 1. The third kappa shape index (κ3) is 2.44. The molecule has 1 heterocycles. The molecule has 0 unspecified atom stereocenters. The van der Waals surface area contributed by atoms with Gasteiger partial charge in [-0.2, -0.15) is 0 Å². The maximum atomic E-state index is 5.94. The summed E-state index contributed by atoms with van der Waals surface area (Å²) in [6.45, 7) is 0. The van der Waals surface area contributed by atoms with Crippen molar-refractivity contribution in [2.24, 2.45) is 0 Å². The van der Waals surface area contributed by atoms with Crippen LogP contribution < -0.4 is 10.5 Å². The number of anilines is 1. The molecule has 16 heavy (non-hydrogen) atoms. The van der Waals surface area contributed by atoms with Crippen LogP contribution in [0.15, 0.2) is 18.3 Å². The van der Waals surface area contributed by atoms with Gasteiger partial charge in [-0.05, 0) is 45.5 Å². The number of ether oxygens (including phenoxy) is 1. The Morgan fingerprint density at radius 3 is 2.81 bits per heavy atom. The second-order valence-corrected chi connectivity index (χ2v) is 4.54. The molecule has 0 spiro atoms. The van der Waals surface area contributed by atoms with Gasteiger partial charge in [0.05, 0.1) is 6.20 Å². The van der Waals surface area contributed by atoms with Crippen molar-refractivity contribution in [1.82, 2.24) is 9.88 Å². The van der Waals surface area contributed by atoms with Crippen molar-refractivity contribution in [2.75, 3.05) is 19.8 Å². The molecule has 88 valence electrons. The minimum absolute atomic E-state index is 0.278. The van der Waals surface area contributed by atoms with Crippen LogP contribution in [0.25, 0.3) is 0 Å². The number of nitrogens with zero attached hydrogens (tertiary/aromatic N) is 2. The summed E-state index contributed by atoms with van der Waals surface area (Å²) in [7, 11) is 4.21. The Morgan fingerprint density at radius 1 is 1.38 bits per heavy atom. The maximum absolute atomic E-state index is 5.94. The van der Waals surface area contributed by atoms with Gasteiger partial charge in [0.2, 0.25) is 0 Å². The molecule has 0 amide bonds. The van der Waals surface area contributed by atoms with E-state index in [9.17, 15) is 0 Å². The summed E-state index contributed by atoms with van der Waals surface area (Å²) in [5, 5.41) is 0. The molecule has 1 aliphatic rings. The minimum atomic E-state index is 0.278. The first-order valence-electron chi connectivity index (χ1n) is 5.71. The molecule has 2 N–H and O–H groups in total. The van der Waals surface area contributed by atoms with Crippen molar-refractivity contribution in [3.05, 3.63) is 18.3 Å². The van der Waals surface area contributed by atoms with Gasteiger partial charge in [-0.3, -0.25) is 0 Å². The van der Waals surface area contributed by atoms with Crippen molar-refractivity contribution < 1.29 is 4.74 Å². The largest absolute Gasteiger partial charge is 0.487 e. The SMILES string of the molecule is CN(C)[C@H]1CCC[C@H]1Oc1ccc(N)nc1. The maximum Gasteiger partial charge on any atom is 0.138 e. The van der Waals surface area contributed by atoms with E-state index in [0.717, 1.165) is 12.2 Å². The fourth-order valence-electron chi connectivity index (χ4n) is 2.27. The molecule has 4 nitrogen and oxygen atoms in total. The molecule has 1 aliphatic carbocycles. The van der Waals surface area contributed by atoms with Crippen LogP contribution in [-0.2, 0) is 0 Å². The number of likely N-dealkylation sites (N-methyl/N-ethyl adjacent to an activating group) is 1. The third-order valence-electron chi connectivity index (χ3n) is 3.13. The van der Waals surface area contributed by atoms with E-state index in [-0.39, 0.29) is 6.10 Å². The lowest BCUT2D eigenvalue weighted by Crippen LogP contribution is -2.38. The second kappa shape index (κ2) is 4.70. The van der Waals surface area contributed by atoms with Crippen LogP contribution in [0.2, 0.25) is 0 Å². The zero-order valence-corrected chi connectivity index (χ0v) is 9.89. The van der Waals surface area contributed by atoms with Gasteiger partial charge in [0, 0.05) is 6.04 Å². The monoisotopic (exact) mass is 221 g/mol. The molecule has 2 rings (SSSR count). The van der Waals surface area contributed by atoms with E-state index in [1.165, 1.54) is 12.8 Å².